The van der Waals surface area contributed by atoms with Gasteiger partial charge in [-0.05, 0) is 37.8 Å². The van der Waals surface area contributed by atoms with Crippen molar-refractivity contribution in [3.8, 4) is 5.69 Å². The smallest absolute Gasteiger partial charge is 0.391 e. The standard InChI is InChI=1S/C17H15ClF3N3O3/c18-13-6-5-11(8-22-13)24-14(25)7-12(16(26)27)23-15(24)9-1-3-10(4-2-9)17(19,20)21/h5-10H,1-4H2,(H,26,27). The lowest BCUT2D eigenvalue weighted by atomic mass is 9.81. The molecule has 0 spiro atoms. The fraction of sp³-hybridized carbons (Fsp3) is 0.412. The van der Waals surface area contributed by atoms with E-state index in [1.807, 2.05) is 0 Å². The number of hydrogen-bond donors (Lipinski definition) is 1. The summed E-state index contributed by atoms with van der Waals surface area (Å²) >= 11 is 5.75. The van der Waals surface area contributed by atoms with Crippen molar-refractivity contribution >= 4 is 17.6 Å². The van der Waals surface area contributed by atoms with Crippen LogP contribution in [0, 0.1) is 5.92 Å². The van der Waals surface area contributed by atoms with Crippen molar-refractivity contribution in [3.05, 3.63) is 51.4 Å². The van der Waals surface area contributed by atoms with Gasteiger partial charge in [0, 0.05) is 12.0 Å². The lowest BCUT2D eigenvalue weighted by Gasteiger charge is -2.30. The zero-order valence-corrected chi connectivity index (χ0v) is 14.7. The molecule has 1 fully saturated rings. The Kier molecular flexibility index (Phi) is 5.23. The number of hydrogen-bond acceptors (Lipinski definition) is 4. The first kappa shape index (κ1) is 19.3. The molecule has 0 radical (unpaired) electrons. The minimum absolute atomic E-state index is 0.0970. The molecule has 1 aliphatic carbocycles. The van der Waals surface area contributed by atoms with Gasteiger partial charge in [0.15, 0.2) is 5.69 Å². The third kappa shape index (κ3) is 4.13. The van der Waals surface area contributed by atoms with Gasteiger partial charge in [-0.1, -0.05) is 11.6 Å². The highest BCUT2D eigenvalue weighted by Gasteiger charge is 2.42. The van der Waals surface area contributed by atoms with Gasteiger partial charge >= 0.3 is 12.1 Å². The summed E-state index contributed by atoms with van der Waals surface area (Å²) in [6, 6.07) is 3.85. The largest absolute Gasteiger partial charge is 0.477 e. The Morgan fingerprint density at radius 2 is 1.89 bits per heavy atom. The SMILES string of the molecule is O=C(O)c1cc(=O)n(-c2ccc(Cl)nc2)c(C2CCC(C(F)(F)F)CC2)n1. The molecule has 2 aromatic heterocycles. The predicted molar refractivity (Wildman–Crippen MR) is 90.4 cm³/mol. The molecule has 27 heavy (non-hydrogen) atoms. The van der Waals surface area contributed by atoms with E-state index in [2.05, 4.69) is 9.97 Å². The van der Waals surface area contributed by atoms with Crippen LogP contribution < -0.4 is 5.56 Å². The maximum absolute atomic E-state index is 12.9. The molecule has 0 bridgehead atoms. The zero-order chi connectivity index (χ0) is 19.8. The first-order chi connectivity index (χ1) is 12.7. The first-order valence-corrected chi connectivity index (χ1v) is 8.60. The molecular weight excluding hydrogens is 387 g/mol. The molecule has 0 atom stereocenters. The quantitative estimate of drug-likeness (QED) is 0.790. The third-order valence-electron chi connectivity index (χ3n) is 4.69. The van der Waals surface area contributed by atoms with Crippen LogP contribution in [-0.2, 0) is 0 Å². The van der Waals surface area contributed by atoms with Crippen LogP contribution in [0.1, 0.15) is 47.9 Å². The second kappa shape index (κ2) is 7.30. The Morgan fingerprint density at radius 1 is 1.22 bits per heavy atom. The van der Waals surface area contributed by atoms with Gasteiger partial charge in [-0.2, -0.15) is 13.2 Å². The van der Waals surface area contributed by atoms with Crippen molar-refractivity contribution in [3.63, 3.8) is 0 Å². The number of halogens is 4. The number of rotatable bonds is 3. The second-order valence-electron chi connectivity index (χ2n) is 6.41. The van der Waals surface area contributed by atoms with Crippen LogP contribution in [-0.4, -0.2) is 31.8 Å². The van der Waals surface area contributed by atoms with Gasteiger partial charge in [-0.25, -0.2) is 14.8 Å². The van der Waals surface area contributed by atoms with E-state index in [4.69, 9.17) is 11.6 Å². The molecule has 2 aromatic rings. The van der Waals surface area contributed by atoms with Crippen LogP contribution in [0.2, 0.25) is 5.15 Å². The summed E-state index contributed by atoms with van der Waals surface area (Å²) in [7, 11) is 0. The fourth-order valence-electron chi connectivity index (χ4n) is 3.32. The van der Waals surface area contributed by atoms with Gasteiger partial charge in [0.25, 0.3) is 5.56 Å². The van der Waals surface area contributed by atoms with E-state index in [9.17, 15) is 27.9 Å². The van der Waals surface area contributed by atoms with Gasteiger partial charge in [0.05, 0.1) is 17.8 Å². The molecule has 0 saturated heterocycles. The third-order valence-corrected chi connectivity index (χ3v) is 4.91. The van der Waals surface area contributed by atoms with Gasteiger partial charge in [-0.3, -0.25) is 9.36 Å². The highest BCUT2D eigenvalue weighted by atomic mass is 35.5. The summed E-state index contributed by atoms with van der Waals surface area (Å²) in [5.74, 6) is -3.11. The second-order valence-corrected chi connectivity index (χ2v) is 6.79. The highest BCUT2D eigenvalue weighted by Crippen LogP contribution is 2.42. The van der Waals surface area contributed by atoms with Crippen molar-refractivity contribution in [2.75, 3.05) is 0 Å². The van der Waals surface area contributed by atoms with Crippen LogP contribution in [0.15, 0.2) is 29.2 Å². The Morgan fingerprint density at radius 3 is 2.41 bits per heavy atom. The summed E-state index contributed by atoms with van der Waals surface area (Å²) in [6.07, 6.45) is -2.82. The van der Waals surface area contributed by atoms with Gasteiger partial charge in [0.2, 0.25) is 0 Å². The summed E-state index contributed by atoms with van der Waals surface area (Å²) < 4.78 is 39.9. The van der Waals surface area contributed by atoms with Crippen LogP contribution >= 0.6 is 11.6 Å². The average Bonchev–Trinajstić information content (AvgIpc) is 2.61. The van der Waals surface area contributed by atoms with Crippen molar-refractivity contribution < 1.29 is 23.1 Å². The molecule has 2 heterocycles. The average molecular weight is 402 g/mol. The number of nitrogens with zero attached hydrogens (tertiary/aromatic N) is 3. The van der Waals surface area contributed by atoms with Crippen molar-refractivity contribution in [2.24, 2.45) is 5.92 Å². The van der Waals surface area contributed by atoms with Crippen LogP contribution in [0.3, 0.4) is 0 Å². The molecule has 0 aromatic carbocycles. The number of aromatic nitrogens is 3. The Bertz CT molecular complexity index is 904. The Labute approximate surface area is 156 Å². The van der Waals surface area contributed by atoms with E-state index in [0.717, 1.165) is 6.07 Å². The normalized spacial score (nSPS) is 20.4. The predicted octanol–water partition coefficient (Wildman–Crippen LogP) is 3.82. The molecule has 6 nitrogen and oxygen atoms in total. The van der Waals surface area contributed by atoms with Crippen LogP contribution in [0.25, 0.3) is 5.69 Å². The first-order valence-electron chi connectivity index (χ1n) is 8.22. The Balaban J connectivity index is 2.04. The van der Waals surface area contributed by atoms with E-state index in [-0.39, 0.29) is 36.7 Å². The number of carboxylic acid groups (broad SMARTS) is 1. The molecule has 144 valence electrons. The number of aromatic carboxylic acids is 1. The minimum Gasteiger partial charge on any atom is -0.477 e. The van der Waals surface area contributed by atoms with E-state index < -0.39 is 35.2 Å². The van der Waals surface area contributed by atoms with Crippen molar-refractivity contribution in [2.45, 2.75) is 37.8 Å². The molecule has 1 N–H and O–H groups in total. The molecule has 0 unspecified atom stereocenters. The van der Waals surface area contributed by atoms with Gasteiger partial charge in [0.1, 0.15) is 11.0 Å². The molecule has 10 heteroatoms. The van der Waals surface area contributed by atoms with Crippen molar-refractivity contribution in [1.29, 1.82) is 0 Å². The lowest BCUT2D eigenvalue weighted by molar-refractivity contribution is -0.182. The fourth-order valence-corrected chi connectivity index (χ4v) is 3.43. The van der Waals surface area contributed by atoms with Gasteiger partial charge < -0.3 is 5.11 Å². The van der Waals surface area contributed by atoms with Crippen molar-refractivity contribution in [1.82, 2.24) is 14.5 Å². The molecule has 0 aliphatic heterocycles. The van der Waals surface area contributed by atoms with Gasteiger partial charge in [-0.15, -0.1) is 0 Å². The number of carbonyl (C=O) groups is 1. The van der Waals surface area contributed by atoms with E-state index in [1.165, 1.54) is 22.9 Å². The van der Waals surface area contributed by atoms with E-state index in [0.29, 0.717) is 5.69 Å². The summed E-state index contributed by atoms with van der Waals surface area (Å²) in [4.78, 5) is 31.8. The Hall–Kier alpha value is -2.42. The lowest BCUT2D eigenvalue weighted by Crippen LogP contribution is -2.31. The minimum atomic E-state index is -4.26. The maximum atomic E-state index is 12.9. The number of alkyl halides is 3. The number of carboxylic acids is 1. The molecule has 0 amide bonds. The van der Waals surface area contributed by atoms with E-state index >= 15 is 0 Å². The van der Waals surface area contributed by atoms with E-state index in [1.54, 1.807) is 0 Å². The van der Waals surface area contributed by atoms with Crippen LogP contribution in [0.4, 0.5) is 13.2 Å². The van der Waals surface area contributed by atoms with Crippen LogP contribution in [0.5, 0.6) is 0 Å². The zero-order valence-electron chi connectivity index (χ0n) is 13.9. The molecule has 3 rings (SSSR count). The number of pyridine rings is 1. The summed E-state index contributed by atoms with van der Waals surface area (Å²) in [5, 5.41) is 9.39. The highest BCUT2D eigenvalue weighted by molar-refractivity contribution is 6.29. The monoisotopic (exact) mass is 401 g/mol. The molecule has 1 aliphatic rings. The molecular formula is C17H15ClF3N3O3. The summed E-state index contributed by atoms with van der Waals surface area (Å²) in [5.41, 5.74) is -0.757. The topological polar surface area (TPSA) is 85.1 Å². The summed E-state index contributed by atoms with van der Waals surface area (Å²) in [6.45, 7) is 0. The maximum Gasteiger partial charge on any atom is 0.391 e. The molecule has 1 saturated carbocycles.